The lowest BCUT2D eigenvalue weighted by Crippen LogP contribution is -1.98. The second kappa shape index (κ2) is 3.65. The van der Waals surface area contributed by atoms with Gasteiger partial charge < -0.3 is 15.8 Å². The Kier molecular flexibility index (Phi) is 2.33. The number of nitrogens with one attached hydrogen (secondary N) is 1. The number of methoxy groups -OCH3 is 1. The van der Waals surface area contributed by atoms with E-state index in [2.05, 4.69) is 10.3 Å². The molecule has 0 saturated heterocycles. The van der Waals surface area contributed by atoms with Gasteiger partial charge in [0.1, 0.15) is 11.3 Å². The van der Waals surface area contributed by atoms with E-state index >= 15 is 0 Å². The van der Waals surface area contributed by atoms with E-state index in [9.17, 15) is 0 Å². The van der Waals surface area contributed by atoms with Crippen LogP contribution in [0.25, 0.3) is 10.9 Å². The largest absolute Gasteiger partial charge is 0.494 e. The van der Waals surface area contributed by atoms with E-state index in [1.165, 1.54) is 0 Å². The summed E-state index contributed by atoms with van der Waals surface area (Å²) in [6, 6.07) is 5.77. The lowest BCUT2D eigenvalue weighted by Gasteiger charge is -2.10. The predicted octanol–water partition coefficient (Wildman–Crippen LogP) is 1.87. The Labute approximate surface area is 88.1 Å². The summed E-state index contributed by atoms with van der Waals surface area (Å²) in [4.78, 5) is 4.27. The van der Waals surface area contributed by atoms with Gasteiger partial charge in [0, 0.05) is 12.4 Å². The molecule has 4 nitrogen and oxygen atoms in total. The summed E-state index contributed by atoms with van der Waals surface area (Å²) in [5, 5.41) is 4.04. The summed E-state index contributed by atoms with van der Waals surface area (Å²) in [5.41, 5.74) is 8.17. The number of pyridine rings is 1. The minimum Gasteiger partial charge on any atom is -0.494 e. The molecule has 0 radical (unpaired) electrons. The molecule has 78 valence electrons. The summed E-state index contributed by atoms with van der Waals surface area (Å²) in [6.45, 7) is 0. The molecule has 1 aromatic carbocycles. The van der Waals surface area contributed by atoms with Gasteiger partial charge in [-0.25, -0.2) is 0 Å². The molecule has 0 saturated carbocycles. The smallest absolute Gasteiger partial charge is 0.145 e. The number of anilines is 2. The molecule has 0 aliphatic carbocycles. The predicted molar refractivity (Wildman–Crippen MR) is 62.3 cm³/mol. The van der Waals surface area contributed by atoms with Gasteiger partial charge in [-0.3, -0.25) is 4.98 Å². The van der Waals surface area contributed by atoms with Crippen molar-refractivity contribution in [3.63, 3.8) is 0 Å². The summed E-state index contributed by atoms with van der Waals surface area (Å²) < 4.78 is 5.24. The van der Waals surface area contributed by atoms with E-state index in [-0.39, 0.29) is 0 Å². The lowest BCUT2D eigenvalue weighted by molar-refractivity contribution is 0.419. The number of nitrogens with zero attached hydrogens (tertiary/aromatic N) is 1. The Hall–Kier alpha value is -1.97. The molecular formula is C11H13N3O. The normalized spacial score (nSPS) is 10.3. The topological polar surface area (TPSA) is 60.2 Å². The minimum atomic E-state index is 0.637. The molecule has 1 aromatic heterocycles. The van der Waals surface area contributed by atoms with Crippen LogP contribution in [-0.4, -0.2) is 19.1 Å². The number of nitrogens with two attached hydrogens (primary N) is 1. The Morgan fingerprint density at radius 2 is 2.20 bits per heavy atom. The Morgan fingerprint density at radius 3 is 2.87 bits per heavy atom. The van der Waals surface area contributed by atoms with Crippen LogP contribution in [0.4, 0.5) is 11.4 Å². The fraction of sp³-hybridized carbons (Fsp3) is 0.182. The summed E-state index contributed by atoms with van der Waals surface area (Å²) in [5.74, 6) is 0.754. The Balaban J connectivity index is 2.82. The standard InChI is InChI=1S/C11H13N3O/c1-13-10-7-4-3-5-9(15-2)11(7)14-6-8(10)12/h3-6H,12H2,1-2H3,(H,13,14). The van der Waals surface area contributed by atoms with E-state index in [0.717, 1.165) is 22.3 Å². The number of hydrogen-bond donors (Lipinski definition) is 2. The summed E-state index contributed by atoms with van der Waals surface area (Å²) >= 11 is 0. The molecule has 0 amide bonds. The molecule has 3 N–H and O–H groups in total. The Morgan fingerprint density at radius 1 is 1.40 bits per heavy atom. The molecule has 0 spiro atoms. The summed E-state index contributed by atoms with van der Waals surface area (Å²) in [7, 11) is 3.47. The van der Waals surface area contributed by atoms with E-state index < -0.39 is 0 Å². The van der Waals surface area contributed by atoms with Gasteiger partial charge in [-0.05, 0) is 6.07 Å². The number of para-hydroxylation sites is 1. The van der Waals surface area contributed by atoms with Crippen molar-refractivity contribution >= 4 is 22.3 Å². The Bertz CT molecular complexity index is 496. The van der Waals surface area contributed by atoms with Gasteiger partial charge in [0.05, 0.1) is 24.7 Å². The highest BCUT2D eigenvalue weighted by Crippen LogP contribution is 2.32. The third kappa shape index (κ3) is 1.44. The zero-order valence-corrected chi connectivity index (χ0v) is 8.74. The van der Waals surface area contributed by atoms with Gasteiger partial charge in [0.2, 0.25) is 0 Å². The minimum absolute atomic E-state index is 0.637. The molecule has 0 aliphatic heterocycles. The molecule has 15 heavy (non-hydrogen) atoms. The monoisotopic (exact) mass is 203 g/mol. The van der Waals surface area contributed by atoms with E-state index in [1.54, 1.807) is 13.3 Å². The van der Waals surface area contributed by atoms with Crippen molar-refractivity contribution in [2.24, 2.45) is 0 Å². The van der Waals surface area contributed by atoms with Crippen LogP contribution >= 0.6 is 0 Å². The van der Waals surface area contributed by atoms with Crippen LogP contribution in [-0.2, 0) is 0 Å². The fourth-order valence-corrected chi connectivity index (χ4v) is 1.66. The molecule has 2 rings (SSSR count). The van der Waals surface area contributed by atoms with Crippen molar-refractivity contribution in [2.45, 2.75) is 0 Å². The average molecular weight is 203 g/mol. The fourth-order valence-electron chi connectivity index (χ4n) is 1.66. The number of benzene rings is 1. The number of hydrogen-bond acceptors (Lipinski definition) is 4. The molecule has 0 atom stereocenters. The number of ether oxygens (including phenoxy) is 1. The van der Waals surface area contributed by atoms with Gasteiger partial charge in [-0.2, -0.15) is 0 Å². The SMILES string of the molecule is CNc1c(N)cnc2c(OC)cccc12. The maximum atomic E-state index is 5.82. The van der Waals surface area contributed by atoms with Crippen molar-refractivity contribution in [2.75, 3.05) is 25.2 Å². The first-order valence-electron chi connectivity index (χ1n) is 4.67. The number of aromatic nitrogens is 1. The van der Waals surface area contributed by atoms with Crippen LogP contribution in [0.15, 0.2) is 24.4 Å². The first kappa shape index (κ1) is 9.58. The van der Waals surface area contributed by atoms with E-state index in [0.29, 0.717) is 5.69 Å². The zero-order chi connectivity index (χ0) is 10.8. The molecule has 1 heterocycles. The quantitative estimate of drug-likeness (QED) is 0.782. The molecule has 0 unspecified atom stereocenters. The van der Waals surface area contributed by atoms with Crippen molar-refractivity contribution < 1.29 is 4.74 Å². The number of nitrogen functional groups attached to an aromatic ring is 1. The van der Waals surface area contributed by atoms with Crippen molar-refractivity contribution in [3.8, 4) is 5.75 Å². The highest BCUT2D eigenvalue weighted by Gasteiger charge is 2.08. The molecule has 2 aromatic rings. The van der Waals surface area contributed by atoms with Crippen LogP contribution in [0.2, 0.25) is 0 Å². The van der Waals surface area contributed by atoms with Gasteiger partial charge in [-0.1, -0.05) is 12.1 Å². The molecule has 0 fully saturated rings. The van der Waals surface area contributed by atoms with Gasteiger partial charge in [0.25, 0.3) is 0 Å². The van der Waals surface area contributed by atoms with E-state index in [4.69, 9.17) is 10.5 Å². The molecule has 0 aliphatic rings. The number of fused-ring (bicyclic) bond motifs is 1. The molecule has 0 bridgehead atoms. The maximum absolute atomic E-state index is 5.82. The highest BCUT2D eigenvalue weighted by atomic mass is 16.5. The molecule has 4 heteroatoms. The number of rotatable bonds is 2. The molecular weight excluding hydrogens is 190 g/mol. The van der Waals surface area contributed by atoms with E-state index in [1.807, 2.05) is 25.2 Å². The van der Waals surface area contributed by atoms with Gasteiger partial charge in [0.15, 0.2) is 0 Å². The lowest BCUT2D eigenvalue weighted by atomic mass is 10.1. The van der Waals surface area contributed by atoms with Crippen LogP contribution in [0.5, 0.6) is 5.75 Å². The summed E-state index contributed by atoms with van der Waals surface area (Å²) in [6.07, 6.45) is 1.64. The van der Waals surface area contributed by atoms with Crippen molar-refractivity contribution in [1.82, 2.24) is 4.98 Å². The zero-order valence-electron chi connectivity index (χ0n) is 8.74. The first-order valence-corrected chi connectivity index (χ1v) is 4.67. The van der Waals surface area contributed by atoms with Crippen molar-refractivity contribution in [1.29, 1.82) is 0 Å². The second-order valence-corrected chi connectivity index (χ2v) is 3.19. The third-order valence-corrected chi connectivity index (χ3v) is 2.36. The van der Waals surface area contributed by atoms with Crippen molar-refractivity contribution in [3.05, 3.63) is 24.4 Å². The maximum Gasteiger partial charge on any atom is 0.145 e. The third-order valence-electron chi connectivity index (χ3n) is 2.36. The average Bonchev–Trinajstić information content (AvgIpc) is 2.28. The van der Waals surface area contributed by atoms with Crippen LogP contribution in [0.3, 0.4) is 0 Å². The van der Waals surface area contributed by atoms with Crippen LogP contribution in [0, 0.1) is 0 Å². The van der Waals surface area contributed by atoms with Gasteiger partial charge >= 0.3 is 0 Å². The highest BCUT2D eigenvalue weighted by molar-refractivity contribution is 5.99. The first-order chi connectivity index (χ1) is 7.27. The van der Waals surface area contributed by atoms with Gasteiger partial charge in [-0.15, -0.1) is 0 Å². The van der Waals surface area contributed by atoms with Crippen LogP contribution in [0.1, 0.15) is 0 Å². The van der Waals surface area contributed by atoms with Crippen LogP contribution < -0.4 is 15.8 Å². The second-order valence-electron chi connectivity index (χ2n) is 3.19.